The van der Waals surface area contributed by atoms with Gasteiger partial charge < -0.3 is 0 Å². The van der Waals surface area contributed by atoms with Crippen LogP contribution in [0.4, 0.5) is 13.2 Å². The van der Waals surface area contributed by atoms with E-state index >= 15 is 0 Å². The summed E-state index contributed by atoms with van der Waals surface area (Å²) in [6.07, 6.45) is -4.95. The molecule has 0 radical (unpaired) electrons. The fraction of sp³-hybridized carbons (Fsp3) is 0.273. The van der Waals surface area contributed by atoms with E-state index < -0.39 is 23.7 Å². The molecule has 0 bridgehead atoms. The highest BCUT2D eigenvalue weighted by Gasteiger charge is 2.47. The van der Waals surface area contributed by atoms with Gasteiger partial charge in [0, 0.05) is 16.2 Å². The zero-order valence-corrected chi connectivity index (χ0v) is 9.27. The van der Waals surface area contributed by atoms with E-state index in [9.17, 15) is 22.8 Å². The maximum atomic E-state index is 12.3. The van der Waals surface area contributed by atoms with Gasteiger partial charge in [0.05, 0.1) is 5.92 Å². The number of fused-ring (bicyclic) bond motifs is 1. The second kappa shape index (κ2) is 4.18. The molecule has 90 valence electrons. The zero-order valence-electron chi connectivity index (χ0n) is 8.45. The quantitative estimate of drug-likeness (QED) is 0.728. The highest BCUT2D eigenvalue weighted by atomic mass is 32.2. The fourth-order valence-electron chi connectivity index (χ4n) is 1.62. The minimum atomic E-state index is -4.95. The van der Waals surface area contributed by atoms with Crippen molar-refractivity contribution in [1.29, 1.82) is 0 Å². The number of thioether (sulfide) groups is 1. The number of Topliss-reactive ketones (excluding diaryl/α,β-unsaturated/α-hetero) is 2. The molecule has 1 aliphatic heterocycles. The Morgan fingerprint density at radius 2 is 1.94 bits per heavy atom. The molecule has 6 heteroatoms. The molecule has 1 aromatic carbocycles. The van der Waals surface area contributed by atoms with Crippen LogP contribution in [0.3, 0.4) is 0 Å². The van der Waals surface area contributed by atoms with Gasteiger partial charge >= 0.3 is 6.18 Å². The molecule has 0 saturated heterocycles. The van der Waals surface area contributed by atoms with Crippen molar-refractivity contribution in [2.24, 2.45) is 5.92 Å². The van der Waals surface area contributed by atoms with Crippen LogP contribution in [0.15, 0.2) is 29.2 Å². The Kier molecular flexibility index (Phi) is 2.99. The van der Waals surface area contributed by atoms with Crippen LogP contribution in [-0.2, 0) is 4.79 Å². The van der Waals surface area contributed by atoms with E-state index in [4.69, 9.17) is 0 Å². The number of halogens is 3. The first-order chi connectivity index (χ1) is 7.91. The summed E-state index contributed by atoms with van der Waals surface area (Å²) in [5, 5.41) is 0. The molecule has 2 nitrogen and oxygen atoms in total. The number of alkyl halides is 3. The normalized spacial score (nSPS) is 19.9. The molecule has 0 fully saturated rings. The molecule has 0 spiro atoms. The molecule has 2 rings (SSSR count). The number of hydrogen-bond acceptors (Lipinski definition) is 3. The molecule has 0 N–H and O–H groups in total. The molecule has 1 heterocycles. The summed E-state index contributed by atoms with van der Waals surface area (Å²) in [4.78, 5) is 23.5. The second-order valence-corrected chi connectivity index (χ2v) is 4.65. The lowest BCUT2D eigenvalue weighted by Gasteiger charge is -2.22. The Labute approximate surface area is 99.2 Å². The van der Waals surface area contributed by atoms with Gasteiger partial charge in [-0.15, -0.1) is 11.8 Å². The lowest BCUT2D eigenvalue weighted by atomic mass is 9.94. The summed E-state index contributed by atoms with van der Waals surface area (Å²) in [6.45, 7) is 0. The van der Waals surface area contributed by atoms with Crippen molar-refractivity contribution in [2.45, 2.75) is 11.1 Å². The molecule has 0 saturated carbocycles. The van der Waals surface area contributed by atoms with Crippen LogP contribution >= 0.6 is 11.8 Å². The van der Waals surface area contributed by atoms with Crippen molar-refractivity contribution < 1.29 is 22.8 Å². The minimum absolute atomic E-state index is 0.145. The van der Waals surface area contributed by atoms with Crippen LogP contribution in [-0.4, -0.2) is 23.5 Å². The number of rotatable bonds is 1. The first-order valence-corrected chi connectivity index (χ1v) is 5.77. The summed E-state index contributed by atoms with van der Waals surface area (Å²) in [5.74, 6) is -4.44. The lowest BCUT2D eigenvalue weighted by molar-refractivity contribution is -0.173. The second-order valence-electron chi connectivity index (χ2n) is 3.59. The van der Waals surface area contributed by atoms with Crippen molar-refractivity contribution in [3.05, 3.63) is 29.8 Å². The van der Waals surface area contributed by atoms with Crippen LogP contribution in [0.1, 0.15) is 10.4 Å². The summed E-state index contributed by atoms with van der Waals surface area (Å²) >= 11 is 1.10. The third kappa shape index (κ3) is 2.22. The van der Waals surface area contributed by atoms with Crippen LogP contribution in [0, 0.1) is 5.92 Å². The number of benzene rings is 1. The number of carbonyl (C=O) groups is 2. The number of ketones is 2. The van der Waals surface area contributed by atoms with E-state index in [-0.39, 0.29) is 11.3 Å². The van der Waals surface area contributed by atoms with E-state index in [1.165, 1.54) is 6.07 Å². The van der Waals surface area contributed by atoms with Gasteiger partial charge in [0.15, 0.2) is 5.78 Å². The first kappa shape index (κ1) is 12.2. The molecule has 0 aliphatic carbocycles. The highest BCUT2D eigenvalue weighted by Crippen LogP contribution is 2.35. The van der Waals surface area contributed by atoms with E-state index in [1.54, 1.807) is 18.2 Å². The standard InChI is InChI=1S/C11H7F3O2S/c12-11(13,14)10(16)7-5-17-8-4-2-1-3-6(8)9(7)15/h1-4,7H,5H2. The molecular weight excluding hydrogens is 253 g/mol. The fourth-order valence-corrected chi connectivity index (χ4v) is 2.77. The average molecular weight is 260 g/mol. The molecule has 1 atom stereocenters. The van der Waals surface area contributed by atoms with E-state index in [0.717, 1.165) is 11.8 Å². The van der Waals surface area contributed by atoms with E-state index in [0.29, 0.717) is 4.90 Å². The van der Waals surface area contributed by atoms with Crippen LogP contribution in [0.2, 0.25) is 0 Å². The van der Waals surface area contributed by atoms with Crippen molar-refractivity contribution in [3.63, 3.8) is 0 Å². The van der Waals surface area contributed by atoms with Crippen molar-refractivity contribution in [3.8, 4) is 0 Å². The van der Waals surface area contributed by atoms with Crippen LogP contribution < -0.4 is 0 Å². The van der Waals surface area contributed by atoms with Gasteiger partial charge in [-0.2, -0.15) is 13.2 Å². The van der Waals surface area contributed by atoms with Gasteiger partial charge in [-0.05, 0) is 6.07 Å². The van der Waals surface area contributed by atoms with Gasteiger partial charge in [-0.1, -0.05) is 18.2 Å². The highest BCUT2D eigenvalue weighted by molar-refractivity contribution is 7.99. The minimum Gasteiger partial charge on any atom is -0.293 e. The molecular formula is C11H7F3O2S. The SMILES string of the molecule is O=C1c2ccccc2SCC1C(=O)C(F)(F)F. The average Bonchev–Trinajstić information content (AvgIpc) is 2.28. The van der Waals surface area contributed by atoms with Crippen LogP contribution in [0.5, 0.6) is 0 Å². The Hall–Kier alpha value is -1.30. The first-order valence-electron chi connectivity index (χ1n) is 4.78. The third-order valence-corrected chi connectivity index (χ3v) is 3.64. The monoisotopic (exact) mass is 260 g/mol. The van der Waals surface area contributed by atoms with Gasteiger partial charge in [-0.25, -0.2) is 0 Å². The summed E-state index contributed by atoms with van der Waals surface area (Å²) < 4.78 is 36.8. The Balaban J connectivity index is 2.33. The van der Waals surface area contributed by atoms with Crippen LogP contribution in [0.25, 0.3) is 0 Å². The Morgan fingerprint density at radius 3 is 2.59 bits per heavy atom. The number of carbonyl (C=O) groups excluding carboxylic acids is 2. The summed E-state index contributed by atoms with van der Waals surface area (Å²) in [5.41, 5.74) is 0.200. The van der Waals surface area contributed by atoms with Gasteiger partial charge in [0.25, 0.3) is 0 Å². The third-order valence-electron chi connectivity index (χ3n) is 2.47. The molecule has 0 aromatic heterocycles. The van der Waals surface area contributed by atoms with Gasteiger partial charge in [-0.3, -0.25) is 9.59 Å². The predicted octanol–water partition coefficient (Wildman–Crippen LogP) is 2.72. The van der Waals surface area contributed by atoms with Gasteiger partial charge in [0.2, 0.25) is 5.78 Å². The van der Waals surface area contributed by atoms with E-state index in [2.05, 4.69) is 0 Å². The summed E-state index contributed by atoms with van der Waals surface area (Å²) in [6, 6.07) is 6.37. The molecule has 0 amide bonds. The van der Waals surface area contributed by atoms with Crippen molar-refractivity contribution in [1.82, 2.24) is 0 Å². The van der Waals surface area contributed by atoms with Crippen molar-refractivity contribution in [2.75, 3.05) is 5.75 Å². The lowest BCUT2D eigenvalue weighted by Crippen LogP contribution is -2.38. The van der Waals surface area contributed by atoms with Gasteiger partial charge in [0.1, 0.15) is 0 Å². The molecule has 1 aromatic rings. The molecule has 1 unspecified atom stereocenters. The zero-order chi connectivity index (χ0) is 12.6. The largest absolute Gasteiger partial charge is 0.450 e. The maximum Gasteiger partial charge on any atom is 0.450 e. The summed E-state index contributed by atoms with van der Waals surface area (Å²) in [7, 11) is 0. The molecule has 1 aliphatic rings. The van der Waals surface area contributed by atoms with E-state index in [1.807, 2.05) is 0 Å². The Bertz CT molecular complexity index is 482. The Morgan fingerprint density at radius 1 is 1.29 bits per heavy atom. The smallest absolute Gasteiger partial charge is 0.293 e. The number of hydrogen-bond donors (Lipinski definition) is 0. The predicted molar refractivity (Wildman–Crippen MR) is 56.0 cm³/mol. The molecule has 17 heavy (non-hydrogen) atoms. The maximum absolute atomic E-state index is 12.3. The topological polar surface area (TPSA) is 34.1 Å². The van der Waals surface area contributed by atoms with Crippen molar-refractivity contribution >= 4 is 23.3 Å².